The maximum absolute atomic E-state index is 12.7. The second-order valence-corrected chi connectivity index (χ2v) is 10.0. The molecule has 2 aromatic rings. The lowest BCUT2D eigenvalue weighted by Crippen LogP contribution is -2.43. The van der Waals surface area contributed by atoms with Gasteiger partial charge in [0.1, 0.15) is 0 Å². The molecule has 5 nitrogen and oxygen atoms in total. The molecule has 1 N–H and O–H groups in total. The van der Waals surface area contributed by atoms with E-state index in [1.54, 1.807) is 24.3 Å². The van der Waals surface area contributed by atoms with E-state index >= 15 is 0 Å². The molecule has 0 saturated carbocycles. The van der Waals surface area contributed by atoms with E-state index in [4.69, 9.17) is 11.6 Å². The van der Waals surface area contributed by atoms with Gasteiger partial charge in [-0.15, -0.1) is 0 Å². The predicted molar refractivity (Wildman–Crippen MR) is 116 cm³/mol. The summed E-state index contributed by atoms with van der Waals surface area (Å²) < 4.78 is 27.0. The third-order valence-electron chi connectivity index (χ3n) is 5.45. The molecule has 1 amide bonds. The van der Waals surface area contributed by atoms with Crippen molar-refractivity contribution in [3.63, 3.8) is 0 Å². The van der Waals surface area contributed by atoms with Crippen LogP contribution in [0.1, 0.15) is 42.5 Å². The Bertz CT molecular complexity index is 952. The molecular weight excluding hydrogens is 408 g/mol. The molecule has 3 rings (SSSR count). The predicted octanol–water partition coefficient (Wildman–Crippen LogP) is 4.07. The molecule has 1 aliphatic heterocycles. The van der Waals surface area contributed by atoms with Crippen LogP contribution >= 0.6 is 11.6 Å². The topological polar surface area (TPSA) is 66.5 Å². The molecule has 1 aliphatic rings. The summed E-state index contributed by atoms with van der Waals surface area (Å²) in [5, 5.41) is 3.52. The lowest BCUT2D eigenvalue weighted by Gasteiger charge is -2.31. The molecule has 156 valence electrons. The van der Waals surface area contributed by atoms with Gasteiger partial charge in [-0.2, -0.15) is 0 Å². The van der Waals surface area contributed by atoms with Gasteiger partial charge in [-0.3, -0.25) is 4.79 Å². The van der Waals surface area contributed by atoms with Gasteiger partial charge in [0.15, 0.2) is 0 Å². The lowest BCUT2D eigenvalue weighted by molar-refractivity contribution is -0.126. The molecule has 0 unspecified atom stereocenters. The van der Waals surface area contributed by atoms with Gasteiger partial charge in [0.2, 0.25) is 15.9 Å². The quantitative estimate of drug-likeness (QED) is 0.745. The third-order valence-corrected chi connectivity index (χ3v) is 7.65. The summed E-state index contributed by atoms with van der Waals surface area (Å²) in [5.41, 5.74) is 2.84. The highest BCUT2D eigenvalue weighted by Gasteiger charge is 2.31. The highest BCUT2D eigenvalue weighted by molar-refractivity contribution is 7.88. The number of aryl methyl sites for hydroxylation is 1. The first-order valence-electron chi connectivity index (χ1n) is 9.84. The van der Waals surface area contributed by atoms with E-state index < -0.39 is 10.0 Å². The summed E-state index contributed by atoms with van der Waals surface area (Å²) in [6.45, 7) is 4.69. The van der Waals surface area contributed by atoms with Gasteiger partial charge in [-0.05, 0) is 43.9 Å². The van der Waals surface area contributed by atoms with Crippen LogP contribution in [0.3, 0.4) is 0 Å². The van der Waals surface area contributed by atoms with E-state index in [9.17, 15) is 13.2 Å². The van der Waals surface area contributed by atoms with Crippen molar-refractivity contribution in [3.05, 3.63) is 70.2 Å². The van der Waals surface area contributed by atoms with E-state index in [0.29, 0.717) is 36.5 Å². The second kappa shape index (κ2) is 9.28. The number of hydrogen-bond acceptors (Lipinski definition) is 3. The van der Waals surface area contributed by atoms with Crippen LogP contribution < -0.4 is 5.32 Å². The summed E-state index contributed by atoms with van der Waals surface area (Å²) in [6.07, 6.45) is 1.04. The standard InChI is InChI=1S/C22H27ClN2O3S/c1-16-7-9-18(10-8-16)17(2)24-22(26)19-11-13-25(14-12-19)29(27,28)15-20-5-3-4-6-21(20)23/h3-10,17,19H,11-15H2,1-2H3,(H,24,26)/t17-/m0/s1. The molecular formula is C22H27ClN2O3S. The smallest absolute Gasteiger partial charge is 0.223 e. The molecule has 0 spiro atoms. The number of rotatable bonds is 6. The van der Waals surface area contributed by atoms with E-state index in [2.05, 4.69) is 5.32 Å². The van der Waals surface area contributed by atoms with Crippen molar-refractivity contribution in [2.75, 3.05) is 13.1 Å². The maximum Gasteiger partial charge on any atom is 0.223 e. The van der Waals surface area contributed by atoms with Gasteiger partial charge in [0.25, 0.3) is 0 Å². The van der Waals surface area contributed by atoms with Gasteiger partial charge >= 0.3 is 0 Å². The Kier molecular flexibility index (Phi) is 6.98. The van der Waals surface area contributed by atoms with Crippen molar-refractivity contribution in [2.24, 2.45) is 5.92 Å². The molecule has 0 bridgehead atoms. The summed E-state index contributed by atoms with van der Waals surface area (Å²) in [5.74, 6) is -0.301. The molecule has 0 aromatic heterocycles. The first kappa shape index (κ1) is 21.8. The van der Waals surface area contributed by atoms with E-state index in [1.165, 1.54) is 9.87 Å². The third kappa shape index (κ3) is 5.59. The largest absolute Gasteiger partial charge is 0.349 e. The zero-order chi connectivity index (χ0) is 21.0. The normalized spacial score (nSPS) is 17.1. The van der Waals surface area contributed by atoms with Gasteiger partial charge in [0, 0.05) is 24.0 Å². The van der Waals surface area contributed by atoms with Crippen LogP contribution in [0.4, 0.5) is 0 Å². The van der Waals surface area contributed by atoms with Crippen molar-refractivity contribution in [2.45, 2.75) is 38.5 Å². The van der Waals surface area contributed by atoms with Crippen LogP contribution in [0, 0.1) is 12.8 Å². The average Bonchev–Trinajstić information content (AvgIpc) is 2.70. The first-order valence-corrected chi connectivity index (χ1v) is 11.8. The number of sulfonamides is 1. The number of amides is 1. The van der Waals surface area contributed by atoms with Crippen LogP contribution in [0.2, 0.25) is 5.02 Å². The highest BCUT2D eigenvalue weighted by Crippen LogP contribution is 2.25. The zero-order valence-corrected chi connectivity index (χ0v) is 18.3. The van der Waals surface area contributed by atoms with Crippen LogP contribution in [0.15, 0.2) is 48.5 Å². The number of piperidine rings is 1. The van der Waals surface area contributed by atoms with Gasteiger partial charge in [-0.1, -0.05) is 59.6 Å². The Morgan fingerprint density at radius 1 is 1.14 bits per heavy atom. The maximum atomic E-state index is 12.7. The number of nitrogens with one attached hydrogen (secondary N) is 1. The molecule has 0 radical (unpaired) electrons. The molecule has 7 heteroatoms. The minimum absolute atomic E-state index is 0.0128. The summed E-state index contributed by atoms with van der Waals surface area (Å²) >= 11 is 6.11. The number of benzene rings is 2. The molecule has 2 aromatic carbocycles. The zero-order valence-electron chi connectivity index (χ0n) is 16.8. The van der Waals surface area contributed by atoms with E-state index in [-0.39, 0.29) is 23.6 Å². The van der Waals surface area contributed by atoms with Crippen molar-refractivity contribution in [1.29, 1.82) is 0 Å². The Morgan fingerprint density at radius 3 is 2.38 bits per heavy atom. The Hall–Kier alpha value is -1.89. The fraction of sp³-hybridized carbons (Fsp3) is 0.409. The summed E-state index contributed by atoms with van der Waals surface area (Å²) in [6, 6.07) is 15.0. The SMILES string of the molecule is Cc1ccc([C@H](C)NC(=O)C2CCN(S(=O)(=O)Cc3ccccc3Cl)CC2)cc1. The lowest BCUT2D eigenvalue weighted by atomic mass is 9.96. The average molecular weight is 435 g/mol. The fourth-order valence-electron chi connectivity index (χ4n) is 3.57. The van der Waals surface area contributed by atoms with Crippen molar-refractivity contribution in [1.82, 2.24) is 9.62 Å². The monoisotopic (exact) mass is 434 g/mol. The molecule has 1 saturated heterocycles. The van der Waals surface area contributed by atoms with Crippen LogP contribution in [-0.4, -0.2) is 31.7 Å². The molecule has 1 heterocycles. The minimum Gasteiger partial charge on any atom is -0.349 e. The molecule has 1 atom stereocenters. The number of carbonyl (C=O) groups excluding carboxylic acids is 1. The Morgan fingerprint density at radius 2 is 1.76 bits per heavy atom. The Labute approximate surface area is 178 Å². The van der Waals surface area contributed by atoms with Gasteiger partial charge in [-0.25, -0.2) is 12.7 Å². The number of nitrogens with zero attached hydrogens (tertiary/aromatic N) is 1. The molecule has 29 heavy (non-hydrogen) atoms. The van der Waals surface area contributed by atoms with E-state index in [0.717, 1.165) is 5.56 Å². The number of hydrogen-bond donors (Lipinski definition) is 1. The highest BCUT2D eigenvalue weighted by atomic mass is 35.5. The van der Waals surface area contributed by atoms with Crippen LogP contribution in [0.5, 0.6) is 0 Å². The minimum atomic E-state index is -3.46. The first-order chi connectivity index (χ1) is 13.8. The summed E-state index contributed by atoms with van der Waals surface area (Å²) in [4.78, 5) is 12.6. The molecule has 0 aliphatic carbocycles. The number of carbonyl (C=O) groups is 1. The van der Waals surface area contributed by atoms with Crippen molar-refractivity contribution in [3.8, 4) is 0 Å². The van der Waals surface area contributed by atoms with Crippen molar-refractivity contribution < 1.29 is 13.2 Å². The molecule has 1 fully saturated rings. The van der Waals surface area contributed by atoms with Crippen LogP contribution in [-0.2, 0) is 20.6 Å². The number of halogens is 1. The van der Waals surface area contributed by atoms with E-state index in [1.807, 2.05) is 38.1 Å². The van der Waals surface area contributed by atoms with Crippen LogP contribution in [0.25, 0.3) is 0 Å². The Balaban J connectivity index is 1.54. The second-order valence-electron chi connectivity index (χ2n) is 7.66. The van der Waals surface area contributed by atoms with Gasteiger partial charge < -0.3 is 5.32 Å². The van der Waals surface area contributed by atoms with Gasteiger partial charge in [0.05, 0.1) is 11.8 Å². The fourth-order valence-corrected chi connectivity index (χ4v) is 5.45. The summed E-state index contributed by atoms with van der Waals surface area (Å²) in [7, 11) is -3.46. The van der Waals surface area contributed by atoms with Crippen molar-refractivity contribution >= 4 is 27.5 Å².